The average Bonchev–Trinajstić information content (AvgIpc) is 2.67. The number of carbonyl (C=O) groups excluding carboxylic acids is 2. The maximum atomic E-state index is 11.7. The summed E-state index contributed by atoms with van der Waals surface area (Å²) >= 11 is 0. The van der Waals surface area contributed by atoms with Crippen molar-refractivity contribution in [3.63, 3.8) is 0 Å². The van der Waals surface area contributed by atoms with Crippen LogP contribution in [0, 0.1) is 0 Å². The summed E-state index contributed by atoms with van der Waals surface area (Å²) in [6, 6.07) is 0.308. The molecule has 0 aliphatic heterocycles. The zero-order chi connectivity index (χ0) is 14.6. The molecular weight excluding hydrogens is 258 g/mol. The molecule has 1 rings (SSSR count). The molecule has 1 saturated carbocycles. The first-order valence-electron chi connectivity index (χ1n) is 7.48. The van der Waals surface area contributed by atoms with Crippen LogP contribution in [0.3, 0.4) is 0 Å². The minimum atomic E-state index is -0.121. The standard InChI is InChI=1S/C14H27N3O3/c1-20-9-8-16-13(18)10-15-11-14(19)17-12-6-4-2-3-5-7-12/h12,15H,2-11H2,1H3,(H,16,18)(H,17,19). The predicted octanol–water partition coefficient (Wildman–Crippen LogP) is 0.178. The fourth-order valence-corrected chi connectivity index (χ4v) is 2.35. The summed E-state index contributed by atoms with van der Waals surface area (Å²) in [5.41, 5.74) is 0. The van der Waals surface area contributed by atoms with Crippen molar-refractivity contribution >= 4 is 11.8 Å². The highest BCUT2D eigenvalue weighted by Gasteiger charge is 2.14. The van der Waals surface area contributed by atoms with Gasteiger partial charge < -0.3 is 15.4 Å². The molecule has 6 nitrogen and oxygen atoms in total. The topological polar surface area (TPSA) is 79.5 Å². The summed E-state index contributed by atoms with van der Waals surface area (Å²) in [4.78, 5) is 23.1. The number of amides is 2. The first-order valence-corrected chi connectivity index (χ1v) is 7.48. The van der Waals surface area contributed by atoms with Crippen molar-refractivity contribution < 1.29 is 14.3 Å². The van der Waals surface area contributed by atoms with Crippen LogP contribution < -0.4 is 16.0 Å². The zero-order valence-corrected chi connectivity index (χ0v) is 12.4. The Morgan fingerprint density at radius 1 is 1.05 bits per heavy atom. The van der Waals surface area contributed by atoms with E-state index in [4.69, 9.17) is 4.74 Å². The molecule has 0 heterocycles. The molecule has 20 heavy (non-hydrogen) atoms. The first kappa shape index (κ1) is 16.9. The van der Waals surface area contributed by atoms with Crippen LogP contribution in [0.1, 0.15) is 38.5 Å². The van der Waals surface area contributed by atoms with Gasteiger partial charge in [0.05, 0.1) is 19.7 Å². The van der Waals surface area contributed by atoms with Gasteiger partial charge in [0.15, 0.2) is 0 Å². The fraction of sp³-hybridized carbons (Fsp3) is 0.857. The van der Waals surface area contributed by atoms with E-state index in [1.807, 2.05) is 0 Å². The third kappa shape index (κ3) is 8.12. The zero-order valence-electron chi connectivity index (χ0n) is 12.4. The van der Waals surface area contributed by atoms with Crippen molar-refractivity contribution in [1.82, 2.24) is 16.0 Å². The van der Waals surface area contributed by atoms with E-state index >= 15 is 0 Å². The summed E-state index contributed by atoms with van der Waals surface area (Å²) in [6.07, 6.45) is 7.07. The van der Waals surface area contributed by atoms with E-state index in [2.05, 4.69) is 16.0 Å². The lowest BCUT2D eigenvalue weighted by atomic mass is 10.1. The smallest absolute Gasteiger partial charge is 0.234 e. The molecule has 0 aromatic heterocycles. The third-order valence-corrected chi connectivity index (χ3v) is 3.42. The minimum Gasteiger partial charge on any atom is -0.383 e. The third-order valence-electron chi connectivity index (χ3n) is 3.42. The molecule has 0 saturated heterocycles. The number of nitrogens with one attached hydrogen (secondary N) is 3. The van der Waals surface area contributed by atoms with Gasteiger partial charge >= 0.3 is 0 Å². The van der Waals surface area contributed by atoms with Gasteiger partial charge in [0.1, 0.15) is 0 Å². The maximum absolute atomic E-state index is 11.7. The number of ether oxygens (including phenoxy) is 1. The Hall–Kier alpha value is -1.14. The van der Waals surface area contributed by atoms with Gasteiger partial charge in [-0.2, -0.15) is 0 Å². The van der Waals surface area contributed by atoms with Gasteiger partial charge in [0, 0.05) is 19.7 Å². The Labute approximate surface area is 121 Å². The summed E-state index contributed by atoms with van der Waals surface area (Å²) in [5.74, 6) is -0.147. The Bertz CT molecular complexity index is 289. The molecule has 116 valence electrons. The van der Waals surface area contributed by atoms with Crippen LogP contribution in [0.2, 0.25) is 0 Å². The fourth-order valence-electron chi connectivity index (χ4n) is 2.35. The highest BCUT2D eigenvalue weighted by Crippen LogP contribution is 2.16. The molecule has 0 spiro atoms. The molecule has 2 amide bonds. The van der Waals surface area contributed by atoms with Crippen molar-refractivity contribution in [2.75, 3.05) is 33.4 Å². The highest BCUT2D eigenvalue weighted by atomic mass is 16.5. The monoisotopic (exact) mass is 285 g/mol. The Balaban J connectivity index is 2.05. The maximum Gasteiger partial charge on any atom is 0.234 e. The van der Waals surface area contributed by atoms with Crippen molar-refractivity contribution in [3.8, 4) is 0 Å². The second-order valence-electron chi connectivity index (χ2n) is 5.20. The second-order valence-corrected chi connectivity index (χ2v) is 5.20. The van der Waals surface area contributed by atoms with Crippen LogP contribution in [-0.4, -0.2) is 51.2 Å². The normalized spacial score (nSPS) is 16.4. The molecule has 1 fully saturated rings. The summed E-state index contributed by atoms with van der Waals surface area (Å²) in [5, 5.41) is 8.57. The lowest BCUT2D eigenvalue weighted by Gasteiger charge is -2.16. The van der Waals surface area contributed by atoms with E-state index in [-0.39, 0.29) is 24.9 Å². The molecular formula is C14H27N3O3. The largest absolute Gasteiger partial charge is 0.383 e. The van der Waals surface area contributed by atoms with Gasteiger partial charge in [0.25, 0.3) is 0 Å². The number of hydrogen-bond donors (Lipinski definition) is 3. The minimum absolute atomic E-state index is 0.0263. The molecule has 6 heteroatoms. The quantitative estimate of drug-likeness (QED) is 0.439. The molecule has 0 aromatic rings. The Morgan fingerprint density at radius 2 is 1.70 bits per heavy atom. The van der Waals surface area contributed by atoms with E-state index in [1.165, 1.54) is 25.7 Å². The van der Waals surface area contributed by atoms with E-state index in [0.29, 0.717) is 19.2 Å². The van der Waals surface area contributed by atoms with Gasteiger partial charge in [-0.3, -0.25) is 14.9 Å². The van der Waals surface area contributed by atoms with Crippen molar-refractivity contribution in [3.05, 3.63) is 0 Å². The number of rotatable bonds is 8. The molecule has 0 bridgehead atoms. The van der Waals surface area contributed by atoms with Crippen LogP contribution in [0.5, 0.6) is 0 Å². The molecule has 0 radical (unpaired) electrons. The van der Waals surface area contributed by atoms with Crippen LogP contribution in [-0.2, 0) is 14.3 Å². The van der Waals surface area contributed by atoms with Gasteiger partial charge in [0.2, 0.25) is 11.8 Å². The highest BCUT2D eigenvalue weighted by molar-refractivity contribution is 5.81. The van der Waals surface area contributed by atoms with Crippen molar-refractivity contribution in [2.45, 2.75) is 44.6 Å². The van der Waals surface area contributed by atoms with E-state index in [1.54, 1.807) is 7.11 Å². The lowest BCUT2D eigenvalue weighted by molar-refractivity contribution is -0.121. The van der Waals surface area contributed by atoms with Crippen molar-refractivity contribution in [2.24, 2.45) is 0 Å². The van der Waals surface area contributed by atoms with E-state index in [0.717, 1.165) is 12.8 Å². The van der Waals surface area contributed by atoms with Gasteiger partial charge in [-0.25, -0.2) is 0 Å². The summed E-state index contributed by atoms with van der Waals surface area (Å²) in [7, 11) is 1.59. The van der Waals surface area contributed by atoms with E-state index in [9.17, 15) is 9.59 Å². The molecule has 0 aromatic carbocycles. The molecule has 3 N–H and O–H groups in total. The molecule has 1 aliphatic rings. The van der Waals surface area contributed by atoms with Crippen molar-refractivity contribution in [1.29, 1.82) is 0 Å². The summed E-state index contributed by atoms with van der Waals surface area (Å²) < 4.78 is 4.83. The SMILES string of the molecule is COCCNC(=O)CNCC(=O)NC1CCCCCC1. The van der Waals surface area contributed by atoms with E-state index < -0.39 is 0 Å². The Morgan fingerprint density at radius 3 is 2.35 bits per heavy atom. The number of hydrogen-bond acceptors (Lipinski definition) is 4. The number of carbonyl (C=O) groups is 2. The molecule has 0 unspecified atom stereocenters. The second kappa shape index (κ2) is 10.6. The van der Waals surface area contributed by atoms with Gasteiger partial charge in [-0.15, -0.1) is 0 Å². The van der Waals surface area contributed by atoms with Gasteiger partial charge in [-0.05, 0) is 12.8 Å². The molecule has 0 atom stereocenters. The molecule has 1 aliphatic carbocycles. The van der Waals surface area contributed by atoms with Gasteiger partial charge in [-0.1, -0.05) is 25.7 Å². The van der Waals surface area contributed by atoms with Crippen LogP contribution >= 0.6 is 0 Å². The Kier molecular flexibility index (Phi) is 8.98. The van der Waals surface area contributed by atoms with Crippen LogP contribution in [0.4, 0.5) is 0 Å². The predicted molar refractivity (Wildman–Crippen MR) is 77.4 cm³/mol. The number of methoxy groups -OCH3 is 1. The lowest BCUT2D eigenvalue weighted by Crippen LogP contribution is -2.43. The first-order chi connectivity index (χ1) is 9.72. The van der Waals surface area contributed by atoms with Crippen LogP contribution in [0.25, 0.3) is 0 Å². The average molecular weight is 285 g/mol. The summed E-state index contributed by atoms with van der Waals surface area (Å²) in [6.45, 7) is 1.33. The van der Waals surface area contributed by atoms with Crippen LogP contribution in [0.15, 0.2) is 0 Å².